The number of hydrogen-bond donors (Lipinski definition) is 2. The van der Waals surface area contributed by atoms with Crippen molar-refractivity contribution >= 4 is 23.3 Å². The fraction of sp³-hybridized carbons (Fsp3) is 0.385. The van der Waals surface area contributed by atoms with Gasteiger partial charge in [0.1, 0.15) is 0 Å². The molecule has 18 heavy (non-hydrogen) atoms. The van der Waals surface area contributed by atoms with E-state index in [-0.39, 0.29) is 12.3 Å². The summed E-state index contributed by atoms with van der Waals surface area (Å²) in [7, 11) is 0. The van der Waals surface area contributed by atoms with Crippen LogP contribution >= 0.6 is 0 Å². The third-order valence-electron chi connectivity index (χ3n) is 2.92. The number of anilines is 2. The van der Waals surface area contributed by atoms with E-state index in [0.29, 0.717) is 19.5 Å². The van der Waals surface area contributed by atoms with E-state index in [2.05, 4.69) is 5.32 Å². The van der Waals surface area contributed by atoms with Gasteiger partial charge in [-0.2, -0.15) is 0 Å². The molecule has 1 aromatic rings. The SMILES string of the molecule is O=C(O)CCCCN1CC(=O)Nc2ccccc21. The molecule has 0 fully saturated rings. The van der Waals surface area contributed by atoms with Crippen LogP contribution in [0.5, 0.6) is 0 Å². The second-order valence-electron chi connectivity index (χ2n) is 4.34. The number of carboxylic acids is 1. The standard InChI is InChI=1S/C13H16N2O3/c16-12-9-15(8-4-3-7-13(17)18)11-6-2-1-5-10(11)14-12/h1-2,5-6H,3-4,7-9H2,(H,14,16)(H,17,18). The summed E-state index contributed by atoms with van der Waals surface area (Å²) in [5.41, 5.74) is 1.83. The molecule has 0 spiro atoms. The van der Waals surface area contributed by atoms with Gasteiger partial charge < -0.3 is 15.3 Å². The van der Waals surface area contributed by atoms with Crippen molar-refractivity contribution in [3.05, 3.63) is 24.3 Å². The lowest BCUT2D eigenvalue weighted by Gasteiger charge is -2.30. The molecule has 0 saturated heterocycles. The Morgan fingerprint density at radius 1 is 1.33 bits per heavy atom. The van der Waals surface area contributed by atoms with Crippen molar-refractivity contribution in [1.82, 2.24) is 0 Å². The van der Waals surface area contributed by atoms with Crippen molar-refractivity contribution in [2.24, 2.45) is 0 Å². The van der Waals surface area contributed by atoms with Crippen molar-refractivity contribution in [2.75, 3.05) is 23.3 Å². The number of benzene rings is 1. The summed E-state index contributed by atoms with van der Waals surface area (Å²) in [6, 6.07) is 7.65. The van der Waals surface area contributed by atoms with E-state index in [0.717, 1.165) is 17.8 Å². The molecule has 1 aliphatic heterocycles. The first kappa shape index (κ1) is 12.4. The lowest BCUT2D eigenvalue weighted by atomic mass is 10.1. The molecule has 96 valence electrons. The molecule has 1 heterocycles. The topological polar surface area (TPSA) is 69.6 Å². The first-order chi connectivity index (χ1) is 8.66. The quantitative estimate of drug-likeness (QED) is 0.778. The zero-order valence-electron chi connectivity index (χ0n) is 10.1. The smallest absolute Gasteiger partial charge is 0.303 e. The van der Waals surface area contributed by atoms with E-state index in [9.17, 15) is 9.59 Å². The van der Waals surface area contributed by atoms with E-state index in [1.807, 2.05) is 29.2 Å². The van der Waals surface area contributed by atoms with Gasteiger partial charge in [0, 0.05) is 13.0 Å². The molecular weight excluding hydrogens is 232 g/mol. The first-order valence-corrected chi connectivity index (χ1v) is 6.02. The molecule has 2 N–H and O–H groups in total. The maximum Gasteiger partial charge on any atom is 0.303 e. The molecule has 1 aromatic carbocycles. The fourth-order valence-electron chi connectivity index (χ4n) is 2.08. The molecule has 0 atom stereocenters. The van der Waals surface area contributed by atoms with Crippen LogP contribution in [-0.4, -0.2) is 30.1 Å². The minimum absolute atomic E-state index is 0.0214. The van der Waals surface area contributed by atoms with Crippen LogP contribution in [-0.2, 0) is 9.59 Å². The van der Waals surface area contributed by atoms with Crippen LogP contribution in [0, 0.1) is 0 Å². The molecule has 5 nitrogen and oxygen atoms in total. The van der Waals surface area contributed by atoms with Gasteiger partial charge in [0.05, 0.1) is 17.9 Å². The third-order valence-corrected chi connectivity index (χ3v) is 2.92. The Bertz CT molecular complexity index is 459. The average Bonchev–Trinajstić information content (AvgIpc) is 2.34. The Balaban J connectivity index is 1.96. The highest BCUT2D eigenvalue weighted by Crippen LogP contribution is 2.28. The highest BCUT2D eigenvalue weighted by atomic mass is 16.4. The number of hydrogen-bond acceptors (Lipinski definition) is 3. The predicted octanol–water partition coefficient (Wildman–Crippen LogP) is 1.70. The van der Waals surface area contributed by atoms with Crippen molar-refractivity contribution < 1.29 is 14.7 Å². The van der Waals surface area contributed by atoms with Gasteiger partial charge in [-0.15, -0.1) is 0 Å². The van der Waals surface area contributed by atoms with Gasteiger partial charge in [0.2, 0.25) is 5.91 Å². The predicted molar refractivity (Wildman–Crippen MR) is 68.8 cm³/mol. The van der Waals surface area contributed by atoms with Gasteiger partial charge in [-0.05, 0) is 25.0 Å². The second-order valence-corrected chi connectivity index (χ2v) is 4.34. The minimum Gasteiger partial charge on any atom is -0.481 e. The normalized spacial score (nSPS) is 14.0. The van der Waals surface area contributed by atoms with Crippen LogP contribution in [0.15, 0.2) is 24.3 Å². The lowest BCUT2D eigenvalue weighted by Crippen LogP contribution is -2.38. The van der Waals surface area contributed by atoms with Gasteiger partial charge in [0.25, 0.3) is 0 Å². The van der Waals surface area contributed by atoms with E-state index >= 15 is 0 Å². The van der Waals surface area contributed by atoms with E-state index in [1.165, 1.54) is 0 Å². The minimum atomic E-state index is -0.771. The molecule has 0 unspecified atom stereocenters. The highest BCUT2D eigenvalue weighted by Gasteiger charge is 2.20. The summed E-state index contributed by atoms with van der Waals surface area (Å²) < 4.78 is 0. The maximum absolute atomic E-state index is 11.5. The molecule has 0 radical (unpaired) electrons. The molecular formula is C13H16N2O3. The van der Waals surface area contributed by atoms with Gasteiger partial charge in [-0.1, -0.05) is 12.1 Å². The summed E-state index contributed by atoms with van der Waals surface area (Å²) in [6.45, 7) is 1.04. The molecule has 1 amide bonds. The maximum atomic E-state index is 11.5. The van der Waals surface area contributed by atoms with Crippen molar-refractivity contribution in [2.45, 2.75) is 19.3 Å². The highest BCUT2D eigenvalue weighted by molar-refractivity contribution is 6.01. The summed E-state index contributed by atoms with van der Waals surface area (Å²) in [4.78, 5) is 23.9. The zero-order chi connectivity index (χ0) is 13.0. The number of nitrogens with one attached hydrogen (secondary N) is 1. The molecule has 5 heteroatoms. The summed E-state index contributed by atoms with van der Waals surface area (Å²) in [5.74, 6) is -0.793. The van der Waals surface area contributed by atoms with Crippen LogP contribution in [0.2, 0.25) is 0 Å². The number of aliphatic carboxylic acids is 1. The van der Waals surface area contributed by atoms with Gasteiger partial charge in [-0.25, -0.2) is 0 Å². The molecule has 0 saturated carbocycles. The van der Waals surface area contributed by atoms with Crippen LogP contribution in [0.1, 0.15) is 19.3 Å². The largest absolute Gasteiger partial charge is 0.481 e. The Morgan fingerprint density at radius 2 is 2.11 bits per heavy atom. The number of para-hydroxylation sites is 2. The van der Waals surface area contributed by atoms with Crippen LogP contribution in [0.3, 0.4) is 0 Å². The van der Waals surface area contributed by atoms with Gasteiger partial charge in [0.15, 0.2) is 0 Å². The monoisotopic (exact) mass is 248 g/mol. The molecule has 2 rings (SSSR count). The van der Waals surface area contributed by atoms with E-state index in [1.54, 1.807) is 0 Å². The average molecular weight is 248 g/mol. The van der Waals surface area contributed by atoms with Crippen molar-refractivity contribution in [1.29, 1.82) is 0 Å². The second kappa shape index (κ2) is 5.53. The Morgan fingerprint density at radius 3 is 2.89 bits per heavy atom. The number of carbonyl (C=O) groups excluding carboxylic acids is 1. The van der Waals surface area contributed by atoms with Crippen LogP contribution < -0.4 is 10.2 Å². The molecule has 0 aromatic heterocycles. The third kappa shape index (κ3) is 3.00. The Labute approximate surface area is 105 Å². The van der Waals surface area contributed by atoms with E-state index < -0.39 is 5.97 Å². The zero-order valence-corrected chi connectivity index (χ0v) is 10.1. The number of carbonyl (C=O) groups is 2. The number of fused-ring (bicyclic) bond motifs is 1. The molecule has 1 aliphatic rings. The Hall–Kier alpha value is -2.04. The fourth-order valence-corrected chi connectivity index (χ4v) is 2.08. The number of unbranched alkanes of at least 4 members (excludes halogenated alkanes) is 1. The number of nitrogens with zero attached hydrogens (tertiary/aromatic N) is 1. The van der Waals surface area contributed by atoms with Gasteiger partial charge in [-0.3, -0.25) is 9.59 Å². The summed E-state index contributed by atoms with van der Waals surface area (Å²) >= 11 is 0. The van der Waals surface area contributed by atoms with Gasteiger partial charge >= 0.3 is 5.97 Å². The summed E-state index contributed by atoms with van der Waals surface area (Å²) in [6.07, 6.45) is 1.59. The number of rotatable bonds is 5. The van der Waals surface area contributed by atoms with E-state index in [4.69, 9.17) is 5.11 Å². The lowest BCUT2D eigenvalue weighted by molar-refractivity contribution is -0.137. The number of amides is 1. The van der Waals surface area contributed by atoms with Crippen molar-refractivity contribution in [3.63, 3.8) is 0 Å². The van der Waals surface area contributed by atoms with Crippen molar-refractivity contribution in [3.8, 4) is 0 Å². The Kier molecular flexibility index (Phi) is 3.82. The van der Waals surface area contributed by atoms with Crippen LogP contribution in [0.4, 0.5) is 11.4 Å². The first-order valence-electron chi connectivity index (χ1n) is 6.02. The summed E-state index contributed by atoms with van der Waals surface area (Å²) in [5, 5.41) is 11.4. The molecule has 0 bridgehead atoms. The van der Waals surface area contributed by atoms with Crippen LogP contribution in [0.25, 0.3) is 0 Å². The number of carboxylic acid groups (broad SMARTS) is 1. The molecule has 0 aliphatic carbocycles.